The summed E-state index contributed by atoms with van der Waals surface area (Å²) in [7, 11) is 0. The number of carboxylic acid groups (broad SMARTS) is 1. The molecule has 0 fully saturated rings. The first-order chi connectivity index (χ1) is 22.9. The molecule has 0 aromatic heterocycles. The van der Waals surface area contributed by atoms with E-state index in [0.717, 1.165) is 12.1 Å². The van der Waals surface area contributed by atoms with E-state index in [2.05, 4.69) is 5.32 Å². The minimum atomic E-state index is -5.57. The molecule has 0 heterocycles. The van der Waals surface area contributed by atoms with Crippen LogP contribution >= 0.6 is 11.8 Å². The number of thioether (sulfide) groups is 1. The van der Waals surface area contributed by atoms with Crippen molar-refractivity contribution in [1.29, 1.82) is 0 Å². The molecule has 0 saturated carbocycles. The molecule has 2 aromatic rings. The Labute approximate surface area is 283 Å². The molecule has 0 radical (unpaired) electrons. The molecule has 6 N–H and O–H groups in total. The number of amides is 4. The van der Waals surface area contributed by atoms with Crippen molar-refractivity contribution in [1.82, 2.24) is 20.9 Å². The lowest BCUT2D eigenvalue weighted by Crippen LogP contribution is -2.65. The van der Waals surface area contributed by atoms with Crippen molar-refractivity contribution >= 4 is 41.4 Å². The summed E-state index contributed by atoms with van der Waals surface area (Å²) in [5.74, 6) is -19.8. The third-order valence-corrected chi connectivity index (χ3v) is 7.88. The van der Waals surface area contributed by atoms with Crippen LogP contribution in [0.25, 0.3) is 0 Å². The highest BCUT2D eigenvalue weighted by atomic mass is 32.2. The molecular weight excluding hydrogens is 681 g/mol. The molecule has 2 aromatic carbocycles. The topological polar surface area (TPSA) is 182 Å². The van der Waals surface area contributed by atoms with Crippen LogP contribution in [0.4, 0.5) is 22.1 Å². The van der Waals surface area contributed by atoms with E-state index in [1.165, 1.54) is 55.9 Å². The molecule has 0 bridgehead atoms. The zero-order valence-electron chi connectivity index (χ0n) is 26.7. The molecule has 4 amide bonds. The number of alkyl halides is 3. The number of imide groups is 1. The fraction of sp³-hybridized carbons (Fsp3) is 0.452. The Bertz CT molecular complexity index is 1460. The van der Waals surface area contributed by atoms with Gasteiger partial charge in [-0.3, -0.25) is 24.1 Å². The van der Waals surface area contributed by atoms with Crippen molar-refractivity contribution in [2.24, 2.45) is 11.7 Å². The maximum absolute atomic E-state index is 15.9. The molecule has 0 aliphatic carbocycles. The Hall–Kier alpha value is -4.29. The van der Waals surface area contributed by atoms with Crippen molar-refractivity contribution in [3.05, 3.63) is 65.7 Å². The average Bonchev–Trinajstić information content (AvgIpc) is 3.05. The normalized spacial score (nSPS) is 14.8. The number of nitrogens with two attached hydrogens (primary N) is 1. The van der Waals surface area contributed by atoms with Crippen LogP contribution in [0.15, 0.2) is 54.6 Å². The average molecular weight is 720 g/mol. The van der Waals surface area contributed by atoms with Gasteiger partial charge in [0, 0.05) is 5.56 Å². The highest BCUT2D eigenvalue weighted by molar-refractivity contribution is 7.98. The molecule has 270 valence electrons. The second kappa shape index (κ2) is 17.9. The monoisotopic (exact) mass is 719 g/mol. The van der Waals surface area contributed by atoms with E-state index in [-0.39, 0.29) is 18.6 Å². The molecule has 4 atom stereocenters. The summed E-state index contributed by atoms with van der Waals surface area (Å²) in [6.45, 7) is 1.49. The van der Waals surface area contributed by atoms with Crippen LogP contribution in [0.3, 0.4) is 0 Å². The number of benzene rings is 2. The lowest BCUT2D eigenvalue weighted by Gasteiger charge is -2.37. The van der Waals surface area contributed by atoms with Gasteiger partial charge in [0.25, 0.3) is 5.91 Å². The molecule has 0 spiro atoms. The van der Waals surface area contributed by atoms with Crippen molar-refractivity contribution in [2.75, 3.05) is 18.6 Å². The van der Waals surface area contributed by atoms with Crippen molar-refractivity contribution in [3.8, 4) is 5.75 Å². The van der Waals surface area contributed by atoms with E-state index >= 15 is 13.2 Å². The third-order valence-electron chi connectivity index (χ3n) is 7.23. The summed E-state index contributed by atoms with van der Waals surface area (Å²) >= 11 is 1.28. The molecule has 0 saturated heterocycles. The number of carbonyl (C=O) groups excluding carboxylic acids is 4. The molecule has 49 heavy (non-hydrogen) atoms. The van der Waals surface area contributed by atoms with Gasteiger partial charge in [-0.2, -0.15) is 20.5 Å². The number of phenols is 1. The first kappa shape index (κ1) is 40.9. The highest BCUT2D eigenvalue weighted by Crippen LogP contribution is 2.46. The number of aromatic hydroxyl groups is 1. The number of carbonyl (C=O) groups is 5. The molecule has 12 nitrogen and oxygen atoms in total. The maximum Gasteiger partial charge on any atom is 0.365 e. The second-order valence-electron chi connectivity index (χ2n) is 11.4. The number of nitrogens with zero attached hydrogens (tertiary/aromatic N) is 2. The van der Waals surface area contributed by atoms with Crippen LogP contribution in [0, 0.1) is 5.92 Å². The number of rotatable bonds is 18. The van der Waals surface area contributed by atoms with Crippen molar-refractivity contribution in [2.45, 2.75) is 63.0 Å². The number of hydrogen-bond acceptors (Lipinski definition) is 9. The number of aliphatic carboxylic acids is 1. The van der Waals surface area contributed by atoms with Crippen molar-refractivity contribution in [3.63, 3.8) is 0 Å². The van der Waals surface area contributed by atoms with Gasteiger partial charge in [0.2, 0.25) is 17.7 Å². The lowest BCUT2D eigenvalue weighted by atomic mass is 9.95. The van der Waals surface area contributed by atoms with Gasteiger partial charge in [0.1, 0.15) is 17.8 Å². The summed E-state index contributed by atoms with van der Waals surface area (Å²) < 4.78 is 74.9. The van der Waals surface area contributed by atoms with Crippen molar-refractivity contribution < 1.29 is 56.3 Å². The zero-order valence-corrected chi connectivity index (χ0v) is 27.6. The van der Waals surface area contributed by atoms with Gasteiger partial charge in [0.05, 0.1) is 17.9 Å². The van der Waals surface area contributed by atoms with Crippen LogP contribution in [0.5, 0.6) is 5.75 Å². The summed E-state index contributed by atoms with van der Waals surface area (Å²) in [6.07, 6.45) is 1.01. The van der Waals surface area contributed by atoms with Crippen LogP contribution < -0.4 is 16.4 Å². The number of phenolic OH excluding ortho intramolecular Hbond substituents is 1. The standard InChI is InChI=1S/C31H38F5N5O7S/c1-18(2)15-24(28(46)47)40(29(48)31(34,41(35)36)30(32,33)20-7-5-4-6-8-20)25(43)17-38-27(45)23(13-14-49-3)39-26(44)22(37)16-19-9-11-21(42)12-10-19/h4-12,18,22-24,42H,13-17,37H2,1-3H3,(H,38,45)(H,39,44)(H,46,47)/t22-,23+,24-,31+/m0/s1. The minimum absolute atomic E-state index is 0.00369. The first-order valence-electron chi connectivity index (χ1n) is 14.8. The highest BCUT2D eigenvalue weighted by Gasteiger charge is 2.70. The van der Waals surface area contributed by atoms with Crippen LogP contribution in [0.2, 0.25) is 0 Å². The molecule has 0 unspecified atom stereocenters. The number of nitrogens with one attached hydrogen (secondary N) is 2. The minimum Gasteiger partial charge on any atom is -0.508 e. The van der Waals surface area contributed by atoms with Gasteiger partial charge in [-0.05, 0) is 54.9 Å². The molecule has 2 rings (SSSR count). The summed E-state index contributed by atoms with van der Waals surface area (Å²) in [5, 5.41) is 21.0. The Morgan fingerprint density at radius 2 is 1.55 bits per heavy atom. The largest absolute Gasteiger partial charge is 0.508 e. The Balaban J connectivity index is 2.39. The quantitative estimate of drug-likeness (QED) is 0.0873. The Kier molecular flexibility index (Phi) is 14.9. The Morgan fingerprint density at radius 1 is 0.959 bits per heavy atom. The van der Waals surface area contributed by atoms with Gasteiger partial charge in [-0.15, -0.1) is 0 Å². The second-order valence-corrected chi connectivity index (χ2v) is 12.4. The van der Waals surface area contributed by atoms with E-state index in [9.17, 15) is 43.1 Å². The first-order valence-corrected chi connectivity index (χ1v) is 16.2. The molecular formula is C31H38F5N5O7S. The number of hydrogen-bond donors (Lipinski definition) is 5. The molecule has 18 heteroatoms. The van der Waals surface area contributed by atoms with Gasteiger partial charge in [-0.25, -0.2) is 9.18 Å². The van der Waals surface area contributed by atoms with E-state index in [1.54, 1.807) is 6.26 Å². The van der Waals surface area contributed by atoms with Gasteiger partial charge < -0.3 is 26.6 Å². The molecule has 0 aliphatic heterocycles. The SMILES string of the molecule is CSCC[C@@H](NC(=O)[C@@H](N)Cc1ccc(O)cc1)C(=O)NCC(=O)N(C(=O)[C@@](F)(N(F)F)C(F)(F)c1ccccc1)[C@@H](CC(C)C)C(=O)O. The van der Waals surface area contributed by atoms with Crippen LogP contribution in [-0.2, 0) is 36.3 Å². The summed E-state index contributed by atoms with van der Waals surface area (Å²) in [5.41, 5.74) is 5.18. The van der Waals surface area contributed by atoms with Gasteiger partial charge >= 0.3 is 17.7 Å². The smallest absolute Gasteiger partial charge is 0.365 e. The van der Waals surface area contributed by atoms with E-state index < -0.39 is 94.1 Å². The van der Waals surface area contributed by atoms with Crippen LogP contribution in [-0.4, -0.2) is 92.5 Å². The van der Waals surface area contributed by atoms with E-state index in [0.29, 0.717) is 23.4 Å². The van der Waals surface area contributed by atoms with Crippen LogP contribution in [0.1, 0.15) is 37.8 Å². The van der Waals surface area contributed by atoms with E-state index in [4.69, 9.17) is 5.73 Å². The Morgan fingerprint density at radius 3 is 2.06 bits per heavy atom. The fourth-order valence-electron chi connectivity index (χ4n) is 4.64. The molecule has 0 aliphatic rings. The predicted octanol–water partition coefficient (Wildman–Crippen LogP) is 3.00. The summed E-state index contributed by atoms with van der Waals surface area (Å²) in [6, 6.07) is 5.11. The number of carboxylic acids is 1. The zero-order chi connectivity index (χ0) is 37.1. The fourth-order valence-corrected chi connectivity index (χ4v) is 5.11. The van der Waals surface area contributed by atoms with E-state index in [1.807, 2.05) is 5.32 Å². The maximum atomic E-state index is 15.9. The third kappa shape index (κ3) is 10.4. The number of halogens is 5. The predicted molar refractivity (Wildman–Crippen MR) is 169 cm³/mol. The van der Waals surface area contributed by atoms with Gasteiger partial charge in [0.15, 0.2) is 0 Å². The van der Waals surface area contributed by atoms with Gasteiger partial charge in [-0.1, -0.05) is 65.3 Å². The summed E-state index contributed by atoms with van der Waals surface area (Å²) in [4.78, 5) is 64.3. The lowest BCUT2D eigenvalue weighted by molar-refractivity contribution is -0.337.